The summed E-state index contributed by atoms with van der Waals surface area (Å²) in [6.45, 7) is 6.02. The van der Waals surface area contributed by atoms with Crippen LogP contribution in [0, 0.1) is 6.92 Å². The summed E-state index contributed by atoms with van der Waals surface area (Å²) < 4.78 is 5.10. The molecule has 1 aliphatic heterocycles. The van der Waals surface area contributed by atoms with E-state index in [1.54, 1.807) is 0 Å². The van der Waals surface area contributed by atoms with Crippen LogP contribution in [0.4, 0.5) is 5.69 Å². The van der Waals surface area contributed by atoms with Gasteiger partial charge in [0.25, 0.3) is 0 Å². The maximum absolute atomic E-state index is 11.1. The van der Waals surface area contributed by atoms with Gasteiger partial charge in [-0.25, -0.2) is 4.79 Å². The molecular weight excluding hydrogens is 218 g/mol. The van der Waals surface area contributed by atoms with Crippen molar-refractivity contribution in [2.45, 2.75) is 6.92 Å². The topological polar surface area (TPSA) is 61.3 Å². The highest BCUT2D eigenvalue weighted by Gasteiger charge is 2.14. The summed E-state index contributed by atoms with van der Waals surface area (Å²) in [7, 11) is 0. The van der Waals surface area contributed by atoms with E-state index in [0.717, 1.165) is 42.9 Å². The molecule has 1 aromatic heterocycles. The number of nitrogens with zero attached hydrogens (tertiary/aromatic N) is 1. The van der Waals surface area contributed by atoms with Crippen molar-refractivity contribution in [2.24, 2.45) is 0 Å². The number of aromatic amines is 1. The maximum atomic E-state index is 11.1. The van der Waals surface area contributed by atoms with E-state index in [9.17, 15) is 4.79 Å². The summed E-state index contributed by atoms with van der Waals surface area (Å²) in [5.74, 6) is -0.392. The number of benzene rings is 1. The molecule has 2 heterocycles. The highest BCUT2D eigenvalue weighted by atomic mass is 16.4. The molecule has 90 valence electrons. The van der Waals surface area contributed by atoms with Crippen LogP contribution in [0.15, 0.2) is 21.3 Å². The van der Waals surface area contributed by atoms with Crippen LogP contribution >= 0.6 is 0 Å². The van der Waals surface area contributed by atoms with Crippen molar-refractivity contribution >= 4 is 16.8 Å². The fraction of sp³-hybridized carbons (Fsp3) is 0.417. The average molecular weight is 233 g/mol. The number of hydrogen-bond acceptors (Lipinski definition) is 4. The molecule has 0 saturated carbocycles. The molecule has 1 aliphatic rings. The van der Waals surface area contributed by atoms with Crippen molar-refractivity contribution in [3.05, 3.63) is 28.2 Å². The quantitative estimate of drug-likeness (QED) is 0.766. The van der Waals surface area contributed by atoms with Gasteiger partial charge in [-0.1, -0.05) is 0 Å². The Morgan fingerprint density at radius 1 is 1.29 bits per heavy atom. The molecule has 0 atom stereocenters. The standard InChI is InChI=1S/C12H15N3O2/c1-8-6-9-11(17-12(16)14-9)7-10(8)15-4-2-13-3-5-15/h6-7,13H,2-5H2,1H3,(H,14,16). The SMILES string of the molecule is Cc1cc2[nH]c(=O)oc2cc1N1CCNCC1. The van der Waals surface area contributed by atoms with E-state index in [1.807, 2.05) is 12.1 Å². The van der Waals surface area contributed by atoms with E-state index < -0.39 is 5.76 Å². The first-order valence-electron chi connectivity index (χ1n) is 5.83. The zero-order valence-corrected chi connectivity index (χ0v) is 9.75. The number of oxazole rings is 1. The monoisotopic (exact) mass is 233 g/mol. The van der Waals surface area contributed by atoms with E-state index in [2.05, 4.69) is 22.1 Å². The van der Waals surface area contributed by atoms with E-state index in [1.165, 1.54) is 0 Å². The average Bonchev–Trinajstić information content (AvgIpc) is 2.68. The molecular formula is C12H15N3O2. The van der Waals surface area contributed by atoms with Crippen LogP contribution < -0.4 is 16.0 Å². The lowest BCUT2D eigenvalue weighted by Crippen LogP contribution is -2.43. The minimum atomic E-state index is -0.392. The molecule has 17 heavy (non-hydrogen) atoms. The molecule has 0 spiro atoms. The minimum Gasteiger partial charge on any atom is -0.408 e. The number of aryl methyl sites for hydroxylation is 1. The summed E-state index contributed by atoms with van der Waals surface area (Å²) in [6.07, 6.45) is 0. The number of H-pyrrole nitrogens is 1. The van der Waals surface area contributed by atoms with Gasteiger partial charge in [0.15, 0.2) is 5.58 Å². The van der Waals surface area contributed by atoms with Gasteiger partial charge in [0.2, 0.25) is 0 Å². The van der Waals surface area contributed by atoms with Gasteiger partial charge < -0.3 is 14.6 Å². The molecule has 1 saturated heterocycles. The zero-order chi connectivity index (χ0) is 11.8. The lowest BCUT2D eigenvalue weighted by Gasteiger charge is -2.30. The number of piperazine rings is 1. The van der Waals surface area contributed by atoms with Crippen molar-refractivity contribution in [1.82, 2.24) is 10.3 Å². The number of anilines is 1. The normalized spacial score (nSPS) is 16.6. The van der Waals surface area contributed by atoms with Gasteiger partial charge in [0, 0.05) is 37.9 Å². The van der Waals surface area contributed by atoms with Crippen LogP contribution in [0.3, 0.4) is 0 Å². The second kappa shape index (κ2) is 3.92. The van der Waals surface area contributed by atoms with Crippen LogP contribution in [0.1, 0.15) is 5.56 Å². The van der Waals surface area contributed by atoms with Crippen molar-refractivity contribution in [1.29, 1.82) is 0 Å². The van der Waals surface area contributed by atoms with E-state index in [-0.39, 0.29) is 0 Å². The second-order valence-corrected chi connectivity index (χ2v) is 4.39. The molecule has 5 heteroatoms. The summed E-state index contributed by atoms with van der Waals surface area (Å²) >= 11 is 0. The minimum absolute atomic E-state index is 0.392. The predicted octanol–water partition coefficient (Wildman–Crippen LogP) is 0.839. The third-order valence-electron chi connectivity index (χ3n) is 3.20. The lowest BCUT2D eigenvalue weighted by molar-refractivity contribution is 0.554. The van der Waals surface area contributed by atoms with E-state index >= 15 is 0 Å². The van der Waals surface area contributed by atoms with Crippen molar-refractivity contribution in [3.8, 4) is 0 Å². The Balaban J connectivity index is 2.08. The lowest BCUT2D eigenvalue weighted by atomic mass is 10.1. The van der Waals surface area contributed by atoms with Crippen molar-refractivity contribution in [2.75, 3.05) is 31.1 Å². The van der Waals surface area contributed by atoms with Crippen LogP contribution in [0.2, 0.25) is 0 Å². The molecule has 1 aromatic carbocycles. The van der Waals surface area contributed by atoms with Gasteiger partial charge >= 0.3 is 5.76 Å². The predicted molar refractivity (Wildman–Crippen MR) is 66.7 cm³/mol. The Morgan fingerprint density at radius 3 is 2.82 bits per heavy atom. The van der Waals surface area contributed by atoms with Gasteiger partial charge in [-0.3, -0.25) is 4.98 Å². The third kappa shape index (κ3) is 1.82. The largest absolute Gasteiger partial charge is 0.417 e. The van der Waals surface area contributed by atoms with Crippen molar-refractivity contribution < 1.29 is 4.42 Å². The Hall–Kier alpha value is -1.75. The van der Waals surface area contributed by atoms with Crippen LogP contribution in [-0.4, -0.2) is 31.2 Å². The van der Waals surface area contributed by atoms with Gasteiger partial charge in [0.1, 0.15) is 0 Å². The highest BCUT2D eigenvalue weighted by Crippen LogP contribution is 2.25. The first-order valence-corrected chi connectivity index (χ1v) is 5.83. The molecule has 0 bridgehead atoms. The molecule has 5 nitrogen and oxygen atoms in total. The Labute approximate surface area is 98.4 Å². The van der Waals surface area contributed by atoms with Gasteiger partial charge in [-0.2, -0.15) is 0 Å². The number of nitrogens with one attached hydrogen (secondary N) is 2. The summed E-state index contributed by atoms with van der Waals surface area (Å²) in [5.41, 5.74) is 3.72. The van der Waals surface area contributed by atoms with E-state index in [4.69, 9.17) is 4.42 Å². The Bertz CT molecular complexity index is 593. The summed E-state index contributed by atoms with van der Waals surface area (Å²) in [5, 5.41) is 3.32. The molecule has 2 aromatic rings. The maximum Gasteiger partial charge on any atom is 0.417 e. The van der Waals surface area contributed by atoms with Crippen LogP contribution in [-0.2, 0) is 0 Å². The number of rotatable bonds is 1. The highest BCUT2D eigenvalue weighted by molar-refractivity contribution is 5.79. The van der Waals surface area contributed by atoms with E-state index in [0.29, 0.717) is 5.58 Å². The molecule has 0 amide bonds. The zero-order valence-electron chi connectivity index (χ0n) is 9.75. The smallest absolute Gasteiger partial charge is 0.408 e. The number of fused-ring (bicyclic) bond motifs is 1. The Morgan fingerprint density at radius 2 is 2.06 bits per heavy atom. The molecule has 0 aliphatic carbocycles. The molecule has 3 rings (SSSR count). The van der Waals surface area contributed by atoms with Gasteiger partial charge in [-0.15, -0.1) is 0 Å². The molecule has 0 unspecified atom stereocenters. The first-order chi connectivity index (χ1) is 8.24. The first kappa shape index (κ1) is 10.4. The van der Waals surface area contributed by atoms with Gasteiger partial charge in [0.05, 0.1) is 5.52 Å². The Kier molecular flexibility index (Phi) is 2.40. The molecule has 1 fully saturated rings. The fourth-order valence-corrected chi connectivity index (χ4v) is 2.34. The molecule has 2 N–H and O–H groups in total. The third-order valence-corrected chi connectivity index (χ3v) is 3.20. The fourth-order valence-electron chi connectivity index (χ4n) is 2.34. The summed E-state index contributed by atoms with van der Waals surface area (Å²) in [4.78, 5) is 16.1. The van der Waals surface area contributed by atoms with Crippen LogP contribution in [0.5, 0.6) is 0 Å². The second-order valence-electron chi connectivity index (χ2n) is 4.39. The van der Waals surface area contributed by atoms with Gasteiger partial charge in [-0.05, 0) is 18.6 Å². The summed E-state index contributed by atoms with van der Waals surface area (Å²) in [6, 6.07) is 3.92. The van der Waals surface area contributed by atoms with Crippen LogP contribution in [0.25, 0.3) is 11.1 Å². The number of hydrogen-bond donors (Lipinski definition) is 2. The van der Waals surface area contributed by atoms with Crippen molar-refractivity contribution in [3.63, 3.8) is 0 Å². The molecule has 0 radical (unpaired) electrons. The number of aromatic nitrogens is 1.